The van der Waals surface area contributed by atoms with Crippen LogP contribution in [0.2, 0.25) is 0 Å². The van der Waals surface area contributed by atoms with Crippen molar-refractivity contribution in [2.45, 2.75) is 37.5 Å². The molecule has 0 aromatic carbocycles. The second kappa shape index (κ2) is 9.39. The summed E-state index contributed by atoms with van der Waals surface area (Å²) in [6, 6.07) is 9.41. The molecule has 0 aliphatic carbocycles. The number of rotatable bonds is 5. The third kappa shape index (κ3) is 4.09. The second-order valence-electron chi connectivity index (χ2n) is 11.7. The first-order valence-corrected chi connectivity index (χ1v) is 14.3. The molecule has 0 radical (unpaired) electrons. The topological polar surface area (TPSA) is 112 Å². The van der Waals surface area contributed by atoms with Crippen molar-refractivity contribution in [3.8, 4) is 17.2 Å². The predicted molar refractivity (Wildman–Crippen MR) is 153 cm³/mol. The fourth-order valence-corrected chi connectivity index (χ4v) is 7.07. The van der Waals surface area contributed by atoms with Gasteiger partial charge in [0, 0.05) is 86.0 Å². The maximum Gasteiger partial charge on any atom is 0.146 e. The molecular weight excluding hydrogens is 521 g/mol. The summed E-state index contributed by atoms with van der Waals surface area (Å²) in [5.41, 5.74) is 4.78. The van der Waals surface area contributed by atoms with E-state index in [9.17, 15) is 14.8 Å². The third-order valence-electron chi connectivity index (χ3n) is 9.21. The molecule has 4 aromatic rings. The number of aliphatic imine (C=N–C) groups is 1. The van der Waals surface area contributed by atoms with Gasteiger partial charge in [-0.15, -0.1) is 0 Å². The highest BCUT2D eigenvalue weighted by molar-refractivity contribution is 5.86. The Bertz CT molecular complexity index is 1690. The van der Waals surface area contributed by atoms with Gasteiger partial charge < -0.3 is 19.9 Å². The summed E-state index contributed by atoms with van der Waals surface area (Å²) in [7, 11) is 0. The minimum absolute atomic E-state index is 0.189. The molecule has 4 fully saturated rings. The lowest BCUT2D eigenvalue weighted by atomic mass is 9.85. The summed E-state index contributed by atoms with van der Waals surface area (Å²) in [6.07, 6.45) is 11.1. The fraction of sp³-hybridized carbons (Fsp3) is 0.400. The van der Waals surface area contributed by atoms with Crippen LogP contribution in [0, 0.1) is 23.1 Å². The summed E-state index contributed by atoms with van der Waals surface area (Å²) in [6.45, 7) is 4.08. The van der Waals surface area contributed by atoms with Crippen molar-refractivity contribution in [2.75, 3.05) is 42.5 Å². The van der Waals surface area contributed by atoms with Crippen molar-refractivity contribution in [3.05, 3.63) is 59.9 Å². The molecule has 9 heterocycles. The molecule has 41 heavy (non-hydrogen) atoms. The normalized spacial score (nSPS) is 25.4. The summed E-state index contributed by atoms with van der Waals surface area (Å²) in [5, 5.41) is 24.2. The van der Waals surface area contributed by atoms with Crippen molar-refractivity contribution in [1.82, 2.24) is 24.5 Å². The van der Waals surface area contributed by atoms with E-state index in [0.29, 0.717) is 42.0 Å². The number of H-pyrrole nitrogens is 1. The zero-order valence-electron chi connectivity index (χ0n) is 22.5. The Morgan fingerprint density at radius 1 is 1.15 bits per heavy atom. The number of piperidine rings is 1. The largest absolute Gasteiger partial charge is 0.391 e. The zero-order chi connectivity index (χ0) is 27.7. The lowest BCUT2D eigenvalue weighted by molar-refractivity contribution is -0.00701. The molecule has 0 spiro atoms. The number of β-amino-alcohol motifs (C(OH)–C–C–N with tert-alkyl or cyclic N) is 1. The minimum Gasteiger partial charge on any atom is -0.391 e. The molecule has 11 heteroatoms. The van der Waals surface area contributed by atoms with Crippen molar-refractivity contribution < 1.29 is 9.50 Å². The SMILES string of the molecule is N#Cc1cnn2cc(N3CC[C@H](O)C3)cc(-c3ccc(N4CC5CC(C4)N5CC4C=Nc5[nH]cc(F)c5C4)nc3)c12. The van der Waals surface area contributed by atoms with Gasteiger partial charge >= 0.3 is 0 Å². The average molecular weight is 552 g/mol. The van der Waals surface area contributed by atoms with Gasteiger partial charge in [-0.05, 0) is 37.5 Å². The highest BCUT2D eigenvalue weighted by Gasteiger charge is 2.45. The van der Waals surface area contributed by atoms with Gasteiger partial charge in [-0.25, -0.2) is 18.9 Å². The van der Waals surface area contributed by atoms with Crippen LogP contribution in [0.3, 0.4) is 0 Å². The zero-order valence-corrected chi connectivity index (χ0v) is 22.5. The Balaban J connectivity index is 0.996. The van der Waals surface area contributed by atoms with Gasteiger partial charge in [0.1, 0.15) is 23.5 Å². The molecular formula is C30H30FN9O. The summed E-state index contributed by atoms with van der Waals surface area (Å²) in [5.74, 6) is 1.64. The van der Waals surface area contributed by atoms with E-state index in [1.807, 2.05) is 18.6 Å². The van der Waals surface area contributed by atoms with Crippen LogP contribution in [0.4, 0.5) is 21.7 Å². The Morgan fingerprint density at radius 3 is 2.78 bits per heavy atom. The van der Waals surface area contributed by atoms with E-state index in [0.717, 1.165) is 60.7 Å². The summed E-state index contributed by atoms with van der Waals surface area (Å²) in [4.78, 5) is 19.3. The van der Waals surface area contributed by atoms with E-state index in [2.05, 4.69) is 54.0 Å². The number of hydrogen-bond donors (Lipinski definition) is 2. The lowest BCUT2D eigenvalue weighted by Crippen LogP contribution is -2.69. The van der Waals surface area contributed by atoms with E-state index in [1.54, 1.807) is 10.7 Å². The molecule has 0 amide bonds. The van der Waals surface area contributed by atoms with E-state index < -0.39 is 0 Å². The number of hydrogen-bond acceptors (Lipinski definition) is 8. The number of aliphatic hydroxyl groups excluding tert-OH is 1. The van der Waals surface area contributed by atoms with Gasteiger partial charge in [-0.2, -0.15) is 10.4 Å². The smallest absolute Gasteiger partial charge is 0.146 e. The predicted octanol–water partition coefficient (Wildman–Crippen LogP) is 3.14. The summed E-state index contributed by atoms with van der Waals surface area (Å²) < 4.78 is 15.8. The second-order valence-corrected chi connectivity index (χ2v) is 11.7. The van der Waals surface area contributed by atoms with Crippen LogP contribution in [-0.4, -0.2) is 86.7 Å². The summed E-state index contributed by atoms with van der Waals surface area (Å²) >= 11 is 0. The molecule has 2 bridgehead atoms. The van der Waals surface area contributed by atoms with Gasteiger partial charge in [-0.1, -0.05) is 0 Å². The monoisotopic (exact) mass is 551 g/mol. The van der Waals surface area contributed by atoms with Crippen molar-refractivity contribution in [3.63, 3.8) is 0 Å². The number of nitriles is 1. The fourth-order valence-electron chi connectivity index (χ4n) is 7.07. The first-order valence-electron chi connectivity index (χ1n) is 14.3. The molecule has 4 atom stereocenters. The number of halogens is 1. The number of piperazine rings is 1. The first kappa shape index (κ1) is 24.5. The van der Waals surface area contributed by atoms with Crippen LogP contribution >= 0.6 is 0 Å². The van der Waals surface area contributed by atoms with Crippen LogP contribution in [0.1, 0.15) is 24.0 Å². The van der Waals surface area contributed by atoms with Crippen LogP contribution < -0.4 is 9.80 Å². The average Bonchev–Trinajstić information content (AvgIpc) is 3.73. The quantitative estimate of drug-likeness (QED) is 0.392. The first-order chi connectivity index (χ1) is 20.0. The number of nitrogens with zero attached hydrogens (tertiary/aromatic N) is 8. The molecule has 3 unspecified atom stereocenters. The van der Waals surface area contributed by atoms with E-state index in [-0.39, 0.29) is 17.8 Å². The number of aliphatic hydroxyl groups is 1. The van der Waals surface area contributed by atoms with Crippen molar-refractivity contribution in [2.24, 2.45) is 10.9 Å². The molecule has 5 aliphatic rings. The number of aromatic nitrogens is 4. The van der Waals surface area contributed by atoms with E-state index in [1.165, 1.54) is 12.6 Å². The molecule has 4 aromatic heterocycles. The molecule has 10 nitrogen and oxygen atoms in total. The van der Waals surface area contributed by atoms with Crippen molar-refractivity contribution >= 4 is 29.1 Å². The maximum atomic E-state index is 14.1. The van der Waals surface area contributed by atoms with Crippen LogP contribution in [0.15, 0.2) is 48.0 Å². The standard InChI is InChI=1S/C30H30FN9O/c31-27-12-35-30-26(27)5-18(9-34-30)13-39-22-6-23(39)15-38(14-22)28-2-1-19(10-33-28)25-7-21(37-4-3-24(41)17-37)16-40-29(25)20(8-32)11-36-40/h1-2,7,9-12,16,18,22-24,35,41H,3-6,13-15,17H2/t18?,22?,23?,24-/m0/s1. The van der Waals surface area contributed by atoms with Crippen LogP contribution in [-0.2, 0) is 6.42 Å². The van der Waals surface area contributed by atoms with Gasteiger partial charge in [0.15, 0.2) is 0 Å². The van der Waals surface area contributed by atoms with Gasteiger partial charge in [0.2, 0.25) is 0 Å². The van der Waals surface area contributed by atoms with Gasteiger partial charge in [0.05, 0.1) is 35.3 Å². The molecule has 9 rings (SSSR count). The van der Waals surface area contributed by atoms with Crippen molar-refractivity contribution in [1.29, 1.82) is 5.26 Å². The Morgan fingerprint density at radius 2 is 2.02 bits per heavy atom. The highest BCUT2D eigenvalue weighted by Crippen LogP contribution is 2.37. The Kier molecular flexibility index (Phi) is 5.62. The minimum atomic E-state index is -0.333. The van der Waals surface area contributed by atoms with Gasteiger partial charge in [-0.3, -0.25) is 4.90 Å². The van der Waals surface area contributed by atoms with Crippen LogP contribution in [0.25, 0.3) is 16.6 Å². The number of fused-ring (bicyclic) bond motifs is 4. The number of pyridine rings is 2. The number of nitrogens with one attached hydrogen (secondary N) is 1. The lowest BCUT2D eigenvalue weighted by Gasteiger charge is -2.57. The Hall–Kier alpha value is -4.27. The van der Waals surface area contributed by atoms with Gasteiger partial charge in [0.25, 0.3) is 0 Å². The van der Waals surface area contributed by atoms with Crippen LogP contribution in [0.5, 0.6) is 0 Å². The van der Waals surface area contributed by atoms with E-state index >= 15 is 0 Å². The molecule has 2 N–H and O–H groups in total. The number of anilines is 2. The third-order valence-corrected chi connectivity index (χ3v) is 9.21. The van der Waals surface area contributed by atoms with E-state index in [4.69, 9.17) is 4.98 Å². The number of aromatic amines is 1. The molecule has 5 aliphatic heterocycles. The molecule has 4 saturated heterocycles. The molecule has 208 valence electrons. The maximum absolute atomic E-state index is 14.1. The molecule has 0 saturated carbocycles. The Labute approximate surface area is 236 Å². The highest BCUT2D eigenvalue weighted by atomic mass is 19.1.